The molecule has 0 radical (unpaired) electrons. The Morgan fingerprint density at radius 1 is 1.35 bits per heavy atom. The predicted molar refractivity (Wildman–Crippen MR) is 83.8 cm³/mol. The molecule has 0 N–H and O–H groups in total. The summed E-state index contributed by atoms with van der Waals surface area (Å²) >= 11 is 1.55. The van der Waals surface area contributed by atoms with Crippen LogP contribution in [0.25, 0.3) is 21.0 Å². The van der Waals surface area contributed by atoms with Crippen LogP contribution in [-0.4, -0.2) is 10.5 Å². The second kappa shape index (κ2) is 5.06. The number of rotatable bonds is 2. The SMILES string of the molecule is C=CCn1c(=NC(C)=O)sc2c3ccccc3ccc21. The van der Waals surface area contributed by atoms with Crippen molar-refractivity contribution in [1.82, 2.24) is 4.57 Å². The lowest BCUT2D eigenvalue weighted by Crippen LogP contribution is -2.15. The molecule has 0 atom stereocenters. The summed E-state index contributed by atoms with van der Waals surface area (Å²) in [5.74, 6) is -0.182. The van der Waals surface area contributed by atoms with Crippen LogP contribution in [-0.2, 0) is 11.3 Å². The molecule has 100 valence electrons. The van der Waals surface area contributed by atoms with E-state index < -0.39 is 0 Å². The van der Waals surface area contributed by atoms with Gasteiger partial charge in [-0.05, 0) is 11.5 Å². The fraction of sp³-hybridized carbons (Fsp3) is 0.125. The molecule has 2 aromatic carbocycles. The normalized spacial score (nSPS) is 12.2. The maximum absolute atomic E-state index is 11.3. The summed E-state index contributed by atoms with van der Waals surface area (Å²) in [5, 5.41) is 2.39. The van der Waals surface area contributed by atoms with Gasteiger partial charge in [0.15, 0.2) is 4.80 Å². The fourth-order valence-electron chi connectivity index (χ4n) is 2.32. The zero-order valence-corrected chi connectivity index (χ0v) is 12.0. The first-order valence-corrected chi connectivity index (χ1v) is 7.19. The minimum absolute atomic E-state index is 0.182. The Bertz CT molecular complexity index is 886. The van der Waals surface area contributed by atoms with Gasteiger partial charge in [-0.3, -0.25) is 4.79 Å². The molecule has 1 aromatic heterocycles. The van der Waals surface area contributed by atoms with Crippen LogP contribution in [0.15, 0.2) is 54.0 Å². The first kappa shape index (κ1) is 12.8. The second-order valence-electron chi connectivity index (χ2n) is 4.55. The highest BCUT2D eigenvalue weighted by atomic mass is 32.1. The van der Waals surface area contributed by atoms with Crippen molar-refractivity contribution in [1.29, 1.82) is 0 Å². The first-order valence-electron chi connectivity index (χ1n) is 6.38. The largest absolute Gasteiger partial charge is 0.312 e. The quantitative estimate of drug-likeness (QED) is 0.662. The van der Waals surface area contributed by atoms with Crippen molar-refractivity contribution in [2.45, 2.75) is 13.5 Å². The minimum atomic E-state index is -0.182. The number of nitrogens with zero attached hydrogens (tertiary/aromatic N) is 2. The highest BCUT2D eigenvalue weighted by Gasteiger charge is 2.08. The van der Waals surface area contributed by atoms with Crippen molar-refractivity contribution in [3.8, 4) is 0 Å². The zero-order valence-electron chi connectivity index (χ0n) is 11.2. The molecular weight excluding hydrogens is 268 g/mol. The fourth-order valence-corrected chi connectivity index (χ4v) is 3.54. The van der Waals surface area contributed by atoms with E-state index in [9.17, 15) is 4.79 Å². The predicted octanol–water partition coefficient (Wildman–Crippen LogP) is 3.49. The average Bonchev–Trinajstić information content (AvgIpc) is 2.77. The second-order valence-corrected chi connectivity index (χ2v) is 5.53. The summed E-state index contributed by atoms with van der Waals surface area (Å²) < 4.78 is 3.19. The highest BCUT2D eigenvalue weighted by Crippen LogP contribution is 2.27. The topological polar surface area (TPSA) is 34.4 Å². The number of carbonyl (C=O) groups is 1. The molecule has 0 aliphatic carbocycles. The minimum Gasteiger partial charge on any atom is -0.312 e. The molecule has 0 unspecified atom stereocenters. The number of allylic oxidation sites excluding steroid dienone is 1. The van der Waals surface area contributed by atoms with Crippen molar-refractivity contribution in [2.75, 3.05) is 0 Å². The lowest BCUT2D eigenvalue weighted by atomic mass is 10.1. The molecule has 0 saturated heterocycles. The Morgan fingerprint density at radius 3 is 2.90 bits per heavy atom. The monoisotopic (exact) mass is 282 g/mol. The summed E-state index contributed by atoms with van der Waals surface area (Å²) in [5.41, 5.74) is 1.09. The van der Waals surface area contributed by atoms with Crippen LogP contribution in [0, 0.1) is 0 Å². The third-order valence-electron chi connectivity index (χ3n) is 3.14. The Hall–Kier alpha value is -2.20. The van der Waals surface area contributed by atoms with E-state index in [4.69, 9.17) is 0 Å². The number of aromatic nitrogens is 1. The van der Waals surface area contributed by atoms with E-state index in [1.165, 1.54) is 17.7 Å². The van der Waals surface area contributed by atoms with Gasteiger partial charge < -0.3 is 4.57 Å². The summed E-state index contributed by atoms with van der Waals surface area (Å²) in [6, 6.07) is 12.4. The van der Waals surface area contributed by atoms with Crippen molar-refractivity contribution in [3.05, 3.63) is 53.9 Å². The lowest BCUT2D eigenvalue weighted by molar-refractivity contribution is -0.116. The van der Waals surface area contributed by atoms with Crippen LogP contribution in [0.2, 0.25) is 0 Å². The molecule has 0 fully saturated rings. The molecule has 0 saturated carbocycles. The molecule has 1 heterocycles. The van der Waals surface area contributed by atoms with Crippen LogP contribution in [0.4, 0.5) is 0 Å². The Balaban J connectivity index is 2.46. The van der Waals surface area contributed by atoms with Crippen LogP contribution < -0.4 is 4.80 Å². The number of hydrogen-bond donors (Lipinski definition) is 0. The van der Waals surface area contributed by atoms with E-state index in [0.29, 0.717) is 6.54 Å². The summed E-state index contributed by atoms with van der Waals surface area (Å²) in [7, 11) is 0. The smallest absolute Gasteiger partial charge is 0.245 e. The van der Waals surface area contributed by atoms with Crippen molar-refractivity contribution >= 4 is 38.2 Å². The Labute approximate surface area is 120 Å². The zero-order chi connectivity index (χ0) is 14.1. The molecule has 0 spiro atoms. The number of carbonyl (C=O) groups excluding carboxylic acids is 1. The number of benzene rings is 2. The Kier molecular flexibility index (Phi) is 3.24. The summed E-state index contributed by atoms with van der Waals surface area (Å²) in [4.78, 5) is 16.2. The molecule has 1 amide bonds. The Morgan fingerprint density at radius 2 is 2.15 bits per heavy atom. The molecule has 4 heteroatoms. The van der Waals surface area contributed by atoms with Crippen molar-refractivity contribution < 1.29 is 4.79 Å². The molecule has 3 rings (SSSR count). The van der Waals surface area contributed by atoms with Crippen LogP contribution >= 0.6 is 11.3 Å². The van der Waals surface area contributed by atoms with Gasteiger partial charge in [-0.25, -0.2) is 0 Å². The maximum Gasteiger partial charge on any atom is 0.245 e. The molecule has 3 nitrogen and oxygen atoms in total. The molecular formula is C16H14N2OS. The van der Waals surface area contributed by atoms with Gasteiger partial charge in [0, 0.05) is 18.9 Å². The lowest BCUT2D eigenvalue weighted by Gasteiger charge is -2.02. The van der Waals surface area contributed by atoms with Gasteiger partial charge in [0.1, 0.15) is 0 Å². The van der Waals surface area contributed by atoms with Crippen LogP contribution in [0.1, 0.15) is 6.92 Å². The number of amides is 1. The summed E-state index contributed by atoms with van der Waals surface area (Å²) in [6.45, 7) is 5.90. The van der Waals surface area contributed by atoms with Gasteiger partial charge in [-0.1, -0.05) is 47.7 Å². The van der Waals surface area contributed by atoms with Crippen LogP contribution in [0.5, 0.6) is 0 Å². The van der Waals surface area contributed by atoms with E-state index >= 15 is 0 Å². The van der Waals surface area contributed by atoms with E-state index in [1.54, 1.807) is 11.3 Å². The third kappa shape index (κ3) is 2.08. The van der Waals surface area contributed by atoms with Crippen LogP contribution in [0.3, 0.4) is 0 Å². The van der Waals surface area contributed by atoms with E-state index in [-0.39, 0.29) is 5.91 Å². The van der Waals surface area contributed by atoms with Gasteiger partial charge in [0.25, 0.3) is 0 Å². The highest BCUT2D eigenvalue weighted by molar-refractivity contribution is 7.17. The van der Waals surface area contributed by atoms with Gasteiger partial charge in [-0.15, -0.1) is 6.58 Å². The van der Waals surface area contributed by atoms with E-state index in [2.05, 4.69) is 35.8 Å². The molecule has 0 aliphatic heterocycles. The maximum atomic E-state index is 11.3. The standard InChI is InChI=1S/C16H14N2OS/c1-3-10-18-14-9-8-12-6-4-5-7-13(12)15(14)20-16(18)17-11(2)19/h3-9H,1,10H2,2H3. The summed E-state index contributed by atoms with van der Waals surface area (Å²) in [6.07, 6.45) is 1.82. The number of fused-ring (bicyclic) bond motifs is 3. The van der Waals surface area contributed by atoms with Gasteiger partial charge >= 0.3 is 0 Å². The van der Waals surface area contributed by atoms with Gasteiger partial charge in [0.2, 0.25) is 5.91 Å². The number of hydrogen-bond acceptors (Lipinski definition) is 2. The molecule has 3 aromatic rings. The molecule has 0 aliphatic rings. The average molecular weight is 282 g/mol. The first-order chi connectivity index (χ1) is 9.70. The third-order valence-corrected chi connectivity index (χ3v) is 4.27. The number of thiazole rings is 1. The molecule has 20 heavy (non-hydrogen) atoms. The van der Waals surface area contributed by atoms with Gasteiger partial charge in [0.05, 0.1) is 10.2 Å². The van der Waals surface area contributed by atoms with E-state index in [0.717, 1.165) is 15.0 Å². The van der Waals surface area contributed by atoms with Crippen molar-refractivity contribution in [3.63, 3.8) is 0 Å². The van der Waals surface area contributed by atoms with E-state index in [1.807, 2.05) is 22.8 Å². The van der Waals surface area contributed by atoms with Gasteiger partial charge in [-0.2, -0.15) is 4.99 Å². The van der Waals surface area contributed by atoms with Crippen molar-refractivity contribution in [2.24, 2.45) is 4.99 Å². The molecule has 0 bridgehead atoms.